The third-order valence-electron chi connectivity index (χ3n) is 3.42. The maximum absolute atomic E-state index is 5.99. The number of benzene rings is 1. The minimum atomic E-state index is 0.482. The Hall–Kier alpha value is -1.71. The lowest BCUT2D eigenvalue weighted by Gasteiger charge is -2.13. The second kappa shape index (κ2) is 3.14. The zero-order valence-corrected chi connectivity index (χ0v) is 9.38. The highest BCUT2D eigenvalue weighted by Crippen LogP contribution is 2.45. The van der Waals surface area contributed by atoms with Crippen LogP contribution in [0.3, 0.4) is 0 Å². The number of hydrogen-bond acceptors (Lipinski definition) is 3. The van der Waals surface area contributed by atoms with Crippen molar-refractivity contribution in [2.45, 2.75) is 19.8 Å². The molecule has 0 unspecified atom stereocenters. The van der Waals surface area contributed by atoms with E-state index in [1.54, 1.807) is 6.20 Å². The fourth-order valence-corrected chi connectivity index (χ4v) is 1.86. The summed E-state index contributed by atoms with van der Waals surface area (Å²) in [6.07, 6.45) is 4.41. The van der Waals surface area contributed by atoms with Gasteiger partial charge in [0.2, 0.25) is 0 Å². The van der Waals surface area contributed by atoms with Gasteiger partial charge in [-0.15, -0.1) is 0 Å². The fourth-order valence-electron chi connectivity index (χ4n) is 1.86. The highest BCUT2D eigenvalue weighted by Gasteiger charge is 2.36. The first-order valence-electron chi connectivity index (χ1n) is 5.63. The summed E-state index contributed by atoms with van der Waals surface area (Å²) in [5, 5.41) is 11.4. The van der Waals surface area contributed by atoms with Gasteiger partial charge in [0.25, 0.3) is 0 Å². The molecule has 1 aromatic heterocycles. The minimum absolute atomic E-state index is 0.482. The molecule has 0 amide bonds. The lowest BCUT2D eigenvalue weighted by Crippen LogP contribution is -2.12. The van der Waals surface area contributed by atoms with E-state index in [4.69, 9.17) is 5.73 Å². The topological polar surface area (TPSA) is 66.7 Å². The second-order valence-corrected chi connectivity index (χ2v) is 5.06. The van der Waals surface area contributed by atoms with Crippen molar-refractivity contribution in [3.05, 3.63) is 18.3 Å². The standard InChI is InChI=1S/C12H16N4/c1-12(2-3-12)7-14-11-5-10-8(4-9(11)13)6-15-16-10/h4-6,14H,2-3,7,13H2,1H3,(H,15,16). The van der Waals surface area contributed by atoms with Crippen molar-refractivity contribution in [2.75, 3.05) is 17.6 Å². The van der Waals surface area contributed by atoms with Gasteiger partial charge in [-0.25, -0.2) is 0 Å². The van der Waals surface area contributed by atoms with Crippen molar-refractivity contribution in [3.8, 4) is 0 Å². The number of H-pyrrole nitrogens is 1. The Morgan fingerprint density at radius 3 is 3.06 bits per heavy atom. The number of nitrogen functional groups attached to an aromatic ring is 1. The first-order valence-corrected chi connectivity index (χ1v) is 5.63. The van der Waals surface area contributed by atoms with Gasteiger partial charge in [-0.1, -0.05) is 6.92 Å². The van der Waals surface area contributed by atoms with Crippen LogP contribution in [-0.4, -0.2) is 16.7 Å². The molecule has 1 heterocycles. The van der Waals surface area contributed by atoms with Crippen LogP contribution >= 0.6 is 0 Å². The Bertz CT molecular complexity index is 525. The van der Waals surface area contributed by atoms with Crippen LogP contribution in [-0.2, 0) is 0 Å². The number of nitrogens with two attached hydrogens (primary N) is 1. The molecule has 16 heavy (non-hydrogen) atoms. The van der Waals surface area contributed by atoms with Crippen molar-refractivity contribution in [2.24, 2.45) is 5.41 Å². The van der Waals surface area contributed by atoms with E-state index >= 15 is 0 Å². The molecule has 3 rings (SSSR count). The summed E-state index contributed by atoms with van der Waals surface area (Å²) < 4.78 is 0. The van der Waals surface area contributed by atoms with Gasteiger partial charge in [0, 0.05) is 11.9 Å². The van der Waals surface area contributed by atoms with Crippen molar-refractivity contribution >= 4 is 22.3 Å². The van der Waals surface area contributed by atoms with Crippen LogP contribution in [0.15, 0.2) is 18.3 Å². The smallest absolute Gasteiger partial charge is 0.0672 e. The number of anilines is 2. The molecule has 1 fully saturated rings. The van der Waals surface area contributed by atoms with Gasteiger partial charge < -0.3 is 11.1 Å². The zero-order chi connectivity index (χ0) is 11.2. The van der Waals surface area contributed by atoms with Gasteiger partial charge in [-0.2, -0.15) is 5.10 Å². The first-order chi connectivity index (χ1) is 7.66. The van der Waals surface area contributed by atoms with E-state index in [2.05, 4.69) is 22.4 Å². The van der Waals surface area contributed by atoms with Crippen molar-refractivity contribution in [1.29, 1.82) is 0 Å². The predicted octanol–water partition coefficient (Wildman–Crippen LogP) is 2.36. The Balaban J connectivity index is 1.87. The highest BCUT2D eigenvalue weighted by molar-refractivity contribution is 5.88. The van der Waals surface area contributed by atoms with E-state index in [1.165, 1.54) is 12.8 Å². The van der Waals surface area contributed by atoms with Gasteiger partial charge >= 0.3 is 0 Å². The number of hydrogen-bond donors (Lipinski definition) is 3. The van der Waals surface area contributed by atoms with E-state index in [1.807, 2.05) is 12.1 Å². The normalized spacial score (nSPS) is 17.6. The van der Waals surface area contributed by atoms with Crippen LogP contribution in [0.1, 0.15) is 19.8 Å². The Kier molecular flexibility index (Phi) is 1.87. The average molecular weight is 216 g/mol. The molecular formula is C12H16N4. The fraction of sp³-hybridized carbons (Fsp3) is 0.417. The molecule has 0 spiro atoms. The molecule has 4 N–H and O–H groups in total. The molecule has 4 heteroatoms. The van der Waals surface area contributed by atoms with E-state index in [-0.39, 0.29) is 0 Å². The molecule has 1 saturated carbocycles. The molecule has 0 radical (unpaired) electrons. The molecule has 1 aliphatic carbocycles. The molecule has 1 aliphatic rings. The van der Waals surface area contributed by atoms with Gasteiger partial charge in [0.05, 0.1) is 23.1 Å². The first kappa shape index (κ1) is 9.51. The van der Waals surface area contributed by atoms with Crippen molar-refractivity contribution in [3.63, 3.8) is 0 Å². The summed E-state index contributed by atoms with van der Waals surface area (Å²) in [6, 6.07) is 3.99. The molecule has 0 atom stereocenters. The zero-order valence-electron chi connectivity index (χ0n) is 9.38. The van der Waals surface area contributed by atoms with E-state index < -0.39 is 0 Å². The maximum Gasteiger partial charge on any atom is 0.0672 e. The van der Waals surface area contributed by atoms with Crippen LogP contribution in [0.2, 0.25) is 0 Å². The third-order valence-corrected chi connectivity index (χ3v) is 3.42. The Labute approximate surface area is 94.2 Å². The lowest BCUT2D eigenvalue weighted by molar-refractivity contribution is 0.611. The molecule has 84 valence electrons. The molecule has 0 aliphatic heterocycles. The average Bonchev–Trinajstić information content (AvgIpc) is 2.82. The summed E-state index contributed by atoms with van der Waals surface area (Å²) in [5.74, 6) is 0. The lowest BCUT2D eigenvalue weighted by atomic mass is 10.1. The summed E-state index contributed by atoms with van der Waals surface area (Å²) in [6.45, 7) is 3.29. The van der Waals surface area contributed by atoms with Crippen LogP contribution in [0.4, 0.5) is 11.4 Å². The summed E-state index contributed by atoms with van der Waals surface area (Å²) >= 11 is 0. The quantitative estimate of drug-likeness (QED) is 0.690. The van der Waals surface area contributed by atoms with Crippen LogP contribution in [0, 0.1) is 5.41 Å². The summed E-state index contributed by atoms with van der Waals surface area (Å²) in [5.41, 5.74) is 9.29. The minimum Gasteiger partial charge on any atom is -0.397 e. The summed E-state index contributed by atoms with van der Waals surface area (Å²) in [4.78, 5) is 0. The number of aromatic amines is 1. The largest absolute Gasteiger partial charge is 0.397 e. The van der Waals surface area contributed by atoms with Crippen LogP contribution in [0.25, 0.3) is 10.9 Å². The monoisotopic (exact) mass is 216 g/mol. The highest BCUT2D eigenvalue weighted by atomic mass is 15.1. The van der Waals surface area contributed by atoms with Gasteiger partial charge in [-0.05, 0) is 30.4 Å². The van der Waals surface area contributed by atoms with E-state index in [0.29, 0.717) is 5.41 Å². The molecule has 0 bridgehead atoms. The number of nitrogens with one attached hydrogen (secondary N) is 2. The number of aromatic nitrogens is 2. The summed E-state index contributed by atoms with van der Waals surface area (Å²) in [7, 11) is 0. The number of fused-ring (bicyclic) bond motifs is 1. The van der Waals surface area contributed by atoms with E-state index in [9.17, 15) is 0 Å². The van der Waals surface area contributed by atoms with Crippen molar-refractivity contribution in [1.82, 2.24) is 10.2 Å². The Morgan fingerprint density at radius 2 is 2.31 bits per heavy atom. The van der Waals surface area contributed by atoms with Crippen LogP contribution in [0.5, 0.6) is 0 Å². The molecule has 1 aromatic carbocycles. The van der Waals surface area contributed by atoms with E-state index in [0.717, 1.165) is 28.8 Å². The molecular weight excluding hydrogens is 200 g/mol. The van der Waals surface area contributed by atoms with Gasteiger partial charge in [0.1, 0.15) is 0 Å². The molecule has 2 aromatic rings. The predicted molar refractivity (Wildman–Crippen MR) is 66.3 cm³/mol. The van der Waals surface area contributed by atoms with Gasteiger partial charge in [-0.3, -0.25) is 5.10 Å². The number of nitrogens with zero attached hydrogens (tertiary/aromatic N) is 1. The molecule has 4 nitrogen and oxygen atoms in total. The maximum atomic E-state index is 5.99. The second-order valence-electron chi connectivity index (χ2n) is 5.06. The Morgan fingerprint density at radius 1 is 1.50 bits per heavy atom. The van der Waals surface area contributed by atoms with Crippen molar-refractivity contribution < 1.29 is 0 Å². The number of rotatable bonds is 3. The third kappa shape index (κ3) is 1.60. The van der Waals surface area contributed by atoms with Crippen LogP contribution < -0.4 is 11.1 Å². The molecule has 0 saturated heterocycles. The van der Waals surface area contributed by atoms with Gasteiger partial charge in [0.15, 0.2) is 0 Å². The SMILES string of the molecule is CC1(CNc2cc3[nH]ncc3cc2N)CC1.